The van der Waals surface area contributed by atoms with Crippen molar-refractivity contribution in [2.75, 3.05) is 5.75 Å². The zero-order valence-corrected chi connectivity index (χ0v) is 16.3. The normalized spacial score (nSPS) is 12.4. The molecule has 0 aliphatic heterocycles. The molecule has 0 nitrogen and oxygen atoms in total. The summed E-state index contributed by atoms with van der Waals surface area (Å²) in [5.41, 5.74) is 5.76. The highest BCUT2D eigenvalue weighted by atomic mass is 32.2. The lowest BCUT2D eigenvalue weighted by molar-refractivity contribution is 0.917. The van der Waals surface area contributed by atoms with Crippen LogP contribution in [0.1, 0.15) is 58.9 Å². The first-order chi connectivity index (χ1) is 11.0. The van der Waals surface area contributed by atoms with Gasteiger partial charge in [0.25, 0.3) is 0 Å². The monoisotopic (exact) mass is 328 g/mol. The predicted molar refractivity (Wildman–Crippen MR) is 107 cm³/mol. The number of benzene rings is 1. The van der Waals surface area contributed by atoms with Crippen LogP contribution in [0, 0.1) is 6.92 Å². The summed E-state index contributed by atoms with van der Waals surface area (Å²) in [6, 6.07) is 8.78. The van der Waals surface area contributed by atoms with Crippen molar-refractivity contribution in [3.05, 3.63) is 64.8 Å². The first kappa shape index (κ1) is 19.8. The molecule has 0 saturated heterocycles. The predicted octanol–water partition coefficient (Wildman–Crippen LogP) is 7.51. The Morgan fingerprint density at radius 1 is 0.826 bits per heavy atom. The average Bonchev–Trinajstić information content (AvgIpc) is 2.49. The van der Waals surface area contributed by atoms with Crippen molar-refractivity contribution < 1.29 is 0 Å². The average molecular weight is 329 g/mol. The van der Waals surface area contributed by atoms with Crippen molar-refractivity contribution in [2.24, 2.45) is 0 Å². The number of allylic oxidation sites excluding steroid dienone is 5. The maximum atomic E-state index is 2.41. The molecule has 0 aliphatic rings. The van der Waals surface area contributed by atoms with E-state index in [0.29, 0.717) is 0 Å². The van der Waals surface area contributed by atoms with E-state index in [-0.39, 0.29) is 0 Å². The fraction of sp³-hybridized carbons (Fsp3) is 0.455. The van der Waals surface area contributed by atoms with E-state index in [1.165, 1.54) is 46.4 Å². The summed E-state index contributed by atoms with van der Waals surface area (Å²) in [5.74, 6) is 1.07. The molecule has 1 heteroatoms. The van der Waals surface area contributed by atoms with Crippen LogP contribution < -0.4 is 0 Å². The van der Waals surface area contributed by atoms with Gasteiger partial charge >= 0.3 is 0 Å². The summed E-state index contributed by atoms with van der Waals surface area (Å²) < 4.78 is 0. The Balaban J connectivity index is 2.25. The topological polar surface area (TPSA) is 0 Å². The molecule has 0 aromatic heterocycles. The molecular weight excluding hydrogens is 296 g/mol. The Morgan fingerprint density at radius 2 is 1.39 bits per heavy atom. The van der Waals surface area contributed by atoms with Gasteiger partial charge in [-0.05, 0) is 72.4 Å². The van der Waals surface area contributed by atoms with Gasteiger partial charge in [-0.15, -0.1) is 11.8 Å². The third-order valence-electron chi connectivity index (χ3n) is 3.83. The summed E-state index contributed by atoms with van der Waals surface area (Å²) in [7, 11) is 0. The second kappa shape index (κ2) is 11.3. The fourth-order valence-electron chi connectivity index (χ4n) is 2.25. The number of hydrogen-bond acceptors (Lipinski definition) is 1. The van der Waals surface area contributed by atoms with Gasteiger partial charge < -0.3 is 0 Å². The largest absolute Gasteiger partial charge is 0.122 e. The van der Waals surface area contributed by atoms with Crippen molar-refractivity contribution >= 4 is 11.8 Å². The van der Waals surface area contributed by atoms with E-state index >= 15 is 0 Å². The van der Waals surface area contributed by atoms with E-state index in [4.69, 9.17) is 0 Å². The van der Waals surface area contributed by atoms with E-state index < -0.39 is 0 Å². The Morgan fingerprint density at radius 3 is 2.00 bits per heavy atom. The molecule has 1 aromatic carbocycles. The van der Waals surface area contributed by atoms with Gasteiger partial charge in [-0.3, -0.25) is 0 Å². The van der Waals surface area contributed by atoms with Crippen LogP contribution in [0.5, 0.6) is 0 Å². The van der Waals surface area contributed by atoms with Gasteiger partial charge in [-0.1, -0.05) is 52.6 Å². The molecule has 23 heavy (non-hydrogen) atoms. The summed E-state index contributed by atoms with van der Waals surface area (Å²) >= 11 is 1.91. The third-order valence-corrected chi connectivity index (χ3v) is 4.76. The van der Waals surface area contributed by atoms with Crippen molar-refractivity contribution in [3.63, 3.8) is 0 Å². The van der Waals surface area contributed by atoms with Crippen molar-refractivity contribution in [3.8, 4) is 0 Å². The maximum Gasteiger partial charge on any atom is 0.0163 e. The lowest BCUT2D eigenvalue weighted by atomic mass is 10.1. The van der Waals surface area contributed by atoms with Gasteiger partial charge in [0.1, 0.15) is 0 Å². The second-order valence-electron chi connectivity index (χ2n) is 6.58. The van der Waals surface area contributed by atoms with Crippen LogP contribution in [0.2, 0.25) is 0 Å². The summed E-state index contributed by atoms with van der Waals surface area (Å²) in [5, 5.41) is 0. The van der Waals surface area contributed by atoms with E-state index in [0.717, 1.165) is 12.2 Å². The molecule has 0 bridgehead atoms. The molecule has 0 fully saturated rings. The summed E-state index contributed by atoms with van der Waals surface area (Å²) in [4.78, 5) is 1.36. The van der Waals surface area contributed by atoms with E-state index in [9.17, 15) is 0 Å². The highest BCUT2D eigenvalue weighted by molar-refractivity contribution is 7.99. The number of hydrogen-bond donors (Lipinski definition) is 0. The molecule has 0 amide bonds. The number of thioether (sulfide) groups is 1. The van der Waals surface area contributed by atoms with Crippen molar-refractivity contribution in [2.45, 2.75) is 65.2 Å². The number of rotatable bonds is 9. The van der Waals surface area contributed by atoms with Crippen LogP contribution in [0.25, 0.3) is 0 Å². The molecule has 0 unspecified atom stereocenters. The van der Waals surface area contributed by atoms with E-state index in [1.807, 2.05) is 11.8 Å². The molecule has 0 spiro atoms. The maximum absolute atomic E-state index is 2.41. The smallest absolute Gasteiger partial charge is 0.0163 e. The van der Waals surface area contributed by atoms with E-state index in [1.54, 1.807) is 0 Å². The zero-order valence-electron chi connectivity index (χ0n) is 15.5. The minimum Gasteiger partial charge on any atom is -0.122 e. The standard InChI is InChI=1S/C22H32S/c1-18(2)8-6-9-19(3)10-7-11-20(4)16-17-23-22-14-12-21(5)13-15-22/h8,10,12-16H,6-7,9,11,17H2,1-5H3. The van der Waals surface area contributed by atoms with Gasteiger partial charge in [-0.2, -0.15) is 0 Å². The van der Waals surface area contributed by atoms with Crippen LogP contribution >= 0.6 is 11.8 Å². The molecule has 0 N–H and O–H groups in total. The van der Waals surface area contributed by atoms with Crippen LogP contribution in [-0.4, -0.2) is 5.75 Å². The highest BCUT2D eigenvalue weighted by Crippen LogP contribution is 2.19. The Hall–Kier alpha value is -1.21. The molecule has 0 aliphatic carbocycles. The minimum absolute atomic E-state index is 1.07. The van der Waals surface area contributed by atoms with Crippen molar-refractivity contribution in [1.82, 2.24) is 0 Å². The Kier molecular flexibility index (Phi) is 9.78. The first-order valence-electron chi connectivity index (χ1n) is 8.61. The van der Waals surface area contributed by atoms with E-state index in [2.05, 4.69) is 77.1 Å². The van der Waals surface area contributed by atoms with Crippen molar-refractivity contribution in [1.29, 1.82) is 0 Å². The minimum atomic E-state index is 1.07. The molecule has 0 saturated carbocycles. The van der Waals surface area contributed by atoms with Crippen LogP contribution in [0.15, 0.2) is 64.1 Å². The van der Waals surface area contributed by atoms with Gasteiger partial charge in [-0.25, -0.2) is 0 Å². The lowest BCUT2D eigenvalue weighted by Gasteiger charge is -2.02. The fourth-order valence-corrected chi connectivity index (χ4v) is 3.14. The molecule has 1 aromatic rings. The Labute approximate surface area is 147 Å². The quantitative estimate of drug-likeness (QED) is 0.334. The molecule has 1 rings (SSSR count). The SMILES string of the molecule is CC(C)=CCCC(C)=CCCC(C)=CCSc1ccc(C)cc1. The van der Waals surface area contributed by atoms with Gasteiger partial charge in [0.2, 0.25) is 0 Å². The van der Waals surface area contributed by atoms with Gasteiger partial charge in [0.15, 0.2) is 0 Å². The molecule has 0 heterocycles. The molecule has 126 valence electrons. The molecular formula is C22H32S. The Bertz CT molecular complexity index is 540. The van der Waals surface area contributed by atoms with Gasteiger partial charge in [0.05, 0.1) is 0 Å². The van der Waals surface area contributed by atoms with Crippen LogP contribution in [0.4, 0.5) is 0 Å². The summed E-state index contributed by atoms with van der Waals surface area (Å²) in [6.07, 6.45) is 11.8. The summed E-state index contributed by atoms with van der Waals surface area (Å²) in [6.45, 7) is 11.0. The first-order valence-corrected chi connectivity index (χ1v) is 9.60. The number of aryl methyl sites for hydroxylation is 1. The lowest BCUT2D eigenvalue weighted by Crippen LogP contribution is -1.82. The van der Waals surface area contributed by atoms with Gasteiger partial charge in [0, 0.05) is 10.6 Å². The third kappa shape index (κ3) is 10.2. The molecule has 0 radical (unpaired) electrons. The van der Waals surface area contributed by atoms with Crippen LogP contribution in [0.3, 0.4) is 0 Å². The van der Waals surface area contributed by atoms with Crippen LogP contribution in [-0.2, 0) is 0 Å². The second-order valence-corrected chi connectivity index (χ2v) is 7.68. The highest BCUT2D eigenvalue weighted by Gasteiger charge is 1.94. The molecule has 0 atom stereocenters. The zero-order chi connectivity index (χ0) is 17.1.